The van der Waals surface area contributed by atoms with Gasteiger partial charge < -0.3 is 10.6 Å². The molecule has 9 nitrogen and oxygen atoms in total. The van der Waals surface area contributed by atoms with Crippen LogP contribution in [0.5, 0.6) is 0 Å². The van der Waals surface area contributed by atoms with Crippen molar-refractivity contribution in [3.05, 3.63) is 24.3 Å². The molecule has 0 atom stereocenters. The normalized spacial score (nSPS) is 18.9. The predicted octanol–water partition coefficient (Wildman–Crippen LogP) is -0.831. The summed E-state index contributed by atoms with van der Waals surface area (Å²) >= 11 is 0. The zero-order valence-electron chi connectivity index (χ0n) is 15.1. The van der Waals surface area contributed by atoms with Crippen LogP contribution in [0.4, 0.5) is 5.69 Å². The van der Waals surface area contributed by atoms with E-state index in [-0.39, 0.29) is 23.3 Å². The van der Waals surface area contributed by atoms with Gasteiger partial charge in [0.1, 0.15) is 0 Å². The molecule has 2 amide bonds. The number of carbonyl (C=O) groups excluding carboxylic acids is 2. The molecular formula is C17H25N5O4S. The summed E-state index contributed by atoms with van der Waals surface area (Å²) in [5, 5.41) is 10.8. The SMILES string of the molecule is NS(=O)(=O)c1ccc(NC(=O)CN2CCN(CC(=O)NC3CC3)CC2)cc1. The summed E-state index contributed by atoms with van der Waals surface area (Å²) in [6, 6.07) is 6.11. The van der Waals surface area contributed by atoms with Gasteiger partial charge in [0.15, 0.2) is 0 Å². The van der Waals surface area contributed by atoms with Crippen molar-refractivity contribution < 1.29 is 18.0 Å². The van der Waals surface area contributed by atoms with Crippen molar-refractivity contribution in [3.63, 3.8) is 0 Å². The van der Waals surface area contributed by atoms with Crippen LogP contribution in [0.25, 0.3) is 0 Å². The number of sulfonamides is 1. The number of nitrogens with two attached hydrogens (primary N) is 1. The zero-order valence-corrected chi connectivity index (χ0v) is 15.9. The van der Waals surface area contributed by atoms with Gasteiger partial charge in [-0.15, -0.1) is 0 Å². The van der Waals surface area contributed by atoms with E-state index in [0.29, 0.717) is 31.4 Å². The summed E-state index contributed by atoms with van der Waals surface area (Å²) in [5.41, 5.74) is 0.516. The van der Waals surface area contributed by atoms with E-state index in [1.807, 2.05) is 4.90 Å². The third-order valence-electron chi connectivity index (χ3n) is 4.61. The summed E-state index contributed by atoms with van der Waals surface area (Å²) in [4.78, 5) is 28.1. The van der Waals surface area contributed by atoms with Crippen LogP contribution in [-0.2, 0) is 19.6 Å². The fourth-order valence-electron chi connectivity index (χ4n) is 2.94. The zero-order chi connectivity index (χ0) is 19.4. The van der Waals surface area contributed by atoms with Gasteiger partial charge in [0.05, 0.1) is 18.0 Å². The van der Waals surface area contributed by atoms with Gasteiger partial charge in [-0.1, -0.05) is 0 Å². The van der Waals surface area contributed by atoms with Crippen molar-refractivity contribution >= 4 is 27.5 Å². The number of anilines is 1. The monoisotopic (exact) mass is 395 g/mol. The average molecular weight is 395 g/mol. The van der Waals surface area contributed by atoms with Gasteiger partial charge in [0.25, 0.3) is 0 Å². The van der Waals surface area contributed by atoms with Crippen molar-refractivity contribution in [1.82, 2.24) is 15.1 Å². The quantitative estimate of drug-likeness (QED) is 0.553. The summed E-state index contributed by atoms with van der Waals surface area (Å²) < 4.78 is 22.5. The standard InChI is InChI=1S/C17H25N5O4S/c18-27(25,26)15-5-3-14(4-6-15)20-17(24)12-22-9-7-21(8-10-22)11-16(23)19-13-1-2-13/h3-6,13H,1-2,7-12H2,(H,19,23)(H,20,24)(H2,18,25,26). The average Bonchev–Trinajstić information content (AvgIpc) is 3.40. The molecule has 2 fully saturated rings. The van der Waals surface area contributed by atoms with Gasteiger partial charge in [-0.25, -0.2) is 13.6 Å². The van der Waals surface area contributed by atoms with E-state index >= 15 is 0 Å². The van der Waals surface area contributed by atoms with Crippen molar-refractivity contribution in [3.8, 4) is 0 Å². The lowest BCUT2D eigenvalue weighted by Crippen LogP contribution is -2.51. The van der Waals surface area contributed by atoms with E-state index in [4.69, 9.17) is 5.14 Å². The van der Waals surface area contributed by atoms with Crippen LogP contribution < -0.4 is 15.8 Å². The maximum absolute atomic E-state index is 12.2. The first-order valence-electron chi connectivity index (χ1n) is 8.96. The minimum absolute atomic E-state index is 0.00217. The van der Waals surface area contributed by atoms with E-state index in [1.54, 1.807) is 0 Å². The number of hydrogen-bond donors (Lipinski definition) is 3. The maximum atomic E-state index is 12.2. The van der Waals surface area contributed by atoms with Crippen LogP contribution in [0, 0.1) is 0 Å². The van der Waals surface area contributed by atoms with Crippen molar-refractivity contribution in [2.45, 2.75) is 23.8 Å². The van der Waals surface area contributed by atoms with Crippen LogP contribution in [0.1, 0.15) is 12.8 Å². The third-order valence-corrected chi connectivity index (χ3v) is 5.54. The highest BCUT2D eigenvalue weighted by atomic mass is 32.2. The number of piperazine rings is 1. The molecule has 0 spiro atoms. The summed E-state index contributed by atoms with van der Waals surface area (Å²) in [7, 11) is -3.74. The molecule has 0 unspecified atom stereocenters. The van der Waals surface area contributed by atoms with Crippen LogP contribution in [-0.4, -0.2) is 75.3 Å². The Morgan fingerprint density at radius 1 is 0.963 bits per heavy atom. The number of primary sulfonamides is 1. The van der Waals surface area contributed by atoms with Gasteiger partial charge >= 0.3 is 0 Å². The van der Waals surface area contributed by atoms with E-state index in [0.717, 1.165) is 25.9 Å². The van der Waals surface area contributed by atoms with Crippen molar-refractivity contribution in [2.24, 2.45) is 5.14 Å². The largest absolute Gasteiger partial charge is 0.352 e. The molecule has 2 aliphatic rings. The van der Waals surface area contributed by atoms with Crippen molar-refractivity contribution in [1.29, 1.82) is 0 Å². The van der Waals surface area contributed by atoms with Gasteiger partial charge in [-0.05, 0) is 37.1 Å². The lowest BCUT2D eigenvalue weighted by atomic mass is 10.3. The first kappa shape index (κ1) is 19.7. The number of benzene rings is 1. The molecule has 4 N–H and O–H groups in total. The lowest BCUT2D eigenvalue weighted by Gasteiger charge is -2.33. The Hall–Kier alpha value is -2.01. The first-order valence-corrected chi connectivity index (χ1v) is 10.5. The summed E-state index contributed by atoms with van der Waals surface area (Å²) in [6.07, 6.45) is 2.17. The topological polar surface area (TPSA) is 125 Å². The molecule has 148 valence electrons. The number of hydrogen-bond acceptors (Lipinski definition) is 6. The highest BCUT2D eigenvalue weighted by molar-refractivity contribution is 7.89. The molecule has 1 saturated carbocycles. The molecule has 3 rings (SSSR count). The molecular weight excluding hydrogens is 370 g/mol. The summed E-state index contributed by atoms with van der Waals surface area (Å²) in [5.74, 6) is -0.0927. The Balaban J connectivity index is 1.39. The van der Waals surface area contributed by atoms with Crippen LogP contribution in [0.15, 0.2) is 29.2 Å². The van der Waals surface area contributed by atoms with Crippen molar-refractivity contribution in [2.75, 3.05) is 44.6 Å². The molecule has 1 aliphatic heterocycles. The minimum atomic E-state index is -3.74. The van der Waals surface area contributed by atoms with E-state index in [2.05, 4.69) is 15.5 Å². The van der Waals surface area contributed by atoms with E-state index in [1.165, 1.54) is 24.3 Å². The highest BCUT2D eigenvalue weighted by Crippen LogP contribution is 2.18. The predicted molar refractivity (Wildman–Crippen MR) is 100 cm³/mol. The molecule has 0 aromatic heterocycles. The molecule has 1 heterocycles. The van der Waals surface area contributed by atoms with Crippen LogP contribution in [0.2, 0.25) is 0 Å². The van der Waals surface area contributed by atoms with Gasteiger partial charge in [0.2, 0.25) is 21.8 Å². The summed E-state index contributed by atoms with van der Waals surface area (Å²) in [6.45, 7) is 3.58. The number of nitrogens with zero attached hydrogens (tertiary/aromatic N) is 2. The number of nitrogens with one attached hydrogen (secondary N) is 2. The number of carbonyl (C=O) groups is 2. The molecule has 10 heteroatoms. The van der Waals surface area contributed by atoms with Gasteiger partial charge in [-0.2, -0.15) is 0 Å². The van der Waals surface area contributed by atoms with E-state index in [9.17, 15) is 18.0 Å². The number of rotatable bonds is 7. The van der Waals surface area contributed by atoms with E-state index < -0.39 is 10.0 Å². The van der Waals surface area contributed by atoms with Crippen LogP contribution >= 0.6 is 0 Å². The Kier molecular flexibility index (Phi) is 6.10. The van der Waals surface area contributed by atoms with Crippen LogP contribution in [0.3, 0.4) is 0 Å². The second-order valence-electron chi connectivity index (χ2n) is 7.01. The Labute approximate surface area is 158 Å². The smallest absolute Gasteiger partial charge is 0.238 e. The maximum Gasteiger partial charge on any atom is 0.238 e. The molecule has 1 aromatic rings. The Bertz CT molecular complexity index is 784. The third kappa shape index (κ3) is 6.28. The van der Waals surface area contributed by atoms with Gasteiger partial charge in [-0.3, -0.25) is 19.4 Å². The molecule has 1 saturated heterocycles. The fraction of sp³-hybridized carbons (Fsp3) is 0.529. The highest BCUT2D eigenvalue weighted by Gasteiger charge is 2.25. The minimum Gasteiger partial charge on any atom is -0.352 e. The number of amides is 2. The fourth-order valence-corrected chi connectivity index (χ4v) is 3.46. The Morgan fingerprint density at radius 2 is 1.48 bits per heavy atom. The lowest BCUT2D eigenvalue weighted by molar-refractivity contribution is -0.123. The van der Waals surface area contributed by atoms with Gasteiger partial charge in [0, 0.05) is 37.9 Å². The molecule has 0 radical (unpaired) electrons. The second-order valence-corrected chi connectivity index (χ2v) is 8.57. The molecule has 1 aromatic carbocycles. The molecule has 0 bridgehead atoms. The Morgan fingerprint density at radius 3 is 1.96 bits per heavy atom. The molecule has 1 aliphatic carbocycles. The second kappa shape index (κ2) is 8.34. The first-order chi connectivity index (χ1) is 12.8. The molecule has 27 heavy (non-hydrogen) atoms.